The molecule has 4 aromatic rings. The topological polar surface area (TPSA) is 78.5 Å². The molecule has 3 heterocycles. The number of aryl methyl sites for hydroxylation is 1. The summed E-state index contributed by atoms with van der Waals surface area (Å²) in [7, 11) is 4.95. The van der Waals surface area contributed by atoms with Crippen molar-refractivity contribution in [2.45, 2.75) is 5.92 Å². The van der Waals surface area contributed by atoms with Crippen molar-refractivity contribution in [2.24, 2.45) is 7.05 Å². The lowest BCUT2D eigenvalue weighted by Gasteiger charge is -2.14. The van der Waals surface area contributed by atoms with Crippen molar-refractivity contribution >= 4 is 17.2 Å². The molecule has 8 heteroatoms. The molecule has 0 aliphatic carbocycles. The Morgan fingerprint density at radius 3 is 2.74 bits per heavy atom. The van der Waals surface area contributed by atoms with Crippen LogP contribution in [0.2, 0.25) is 0 Å². The van der Waals surface area contributed by atoms with Crippen LogP contribution in [0.25, 0.3) is 11.3 Å². The van der Waals surface area contributed by atoms with E-state index in [-0.39, 0.29) is 11.8 Å². The molecule has 0 radical (unpaired) electrons. The summed E-state index contributed by atoms with van der Waals surface area (Å²) in [6.07, 6.45) is 1.65. The Labute approximate surface area is 184 Å². The number of nitrogens with one attached hydrogen (secondary N) is 1. The van der Waals surface area contributed by atoms with E-state index in [9.17, 15) is 4.79 Å². The van der Waals surface area contributed by atoms with Crippen LogP contribution in [0.15, 0.2) is 64.6 Å². The van der Waals surface area contributed by atoms with E-state index in [2.05, 4.69) is 10.4 Å². The molecule has 0 aliphatic heterocycles. The zero-order chi connectivity index (χ0) is 21.8. The molecule has 0 fully saturated rings. The minimum Gasteiger partial charge on any atom is -0.497 e. The first-order valence-electron chi connectivity index (χ1n) is 9.72. The number of carbonyl (C=O) groups is 1. The van der Waals surface area contributed by atoms with Crippen LogP contribution in [-0.4, -0.2) is 36.5 Å². The number of methoxy groups -OCH3 is 2. The second-order valence-electron chi connectivity index (χ2n) is 6.90. The molecule has 160 valence electrons. The minimum absolute atomic E-state index is 0.0508. The maximum atomic E-state index is 13.0. The van der Waals surface area contributed by atoms with Crippen LogP contribution in [0.4, 0.5) is 0 Å². The van der Waals surface area contributed by atoms with E-state index in [0.29, 0.717) is 29.4 Å². The number of furan rings is 1. The smallest absolute Gasteiger partial charge is 0.269 e. The molecule has 0 saturated heterocycles. The molecule has 1 amide bonds. The Morgan fingerprint density at radius 2 is 2.06 bits per heavy atom. The molecule has 1 aromatic carbocycles. The predicted molar refractivity (Wildman–Crippen MR) is 119 cm³/mol. The van der Waals surface area contributed by atoms with Gasteiger partial charge in [-0.25, -0.2) is 0 Å². The van der Waals surface area contributed by atoms with E-state index in [1.807, 2.05) is 47.8 Å². The Hall–Kier alpha value is -3.52. The van der Waals surface area contributed by atoms with Crippen molar-refractivity contribution in [3.8, 4) is 22.8 Å². The largest absolute Gasteiger partial charge is 0.497 e. The van der Waals surface area contributed by atoms with Gasteiger partial charge in [-0.3, -0.25) is 9.48 Å². The fourth-order valence-electron chi connectivity index (χ4n) is 3.43. The maximum absolute atomic E-state index is 13.0. The number of ether oxygens (including phenoxy) is 2. The Balaban J connectivity index is 1.56. The van der Waals surface area contributed by atoms with Crippen molar-refractivity contribution in [1.82, 2.24) is 15.1 Å². The molecule has 1 atom stereocenters. The van der Waals surface area contributed by atoms with E-state index in [4.69, 9.17) is 13.9 Å². The molecule has 0 bridgehead atoms. The standard InChI is InChI=1S/C23H23N3O4S/c1-26-19(13-18(25-26)16-12-15(28-2)8-9-20(16)29-3)23(27)24-14-17(21-6-4-10-30-21)22-7-5-11-31-22/h4-13,17H,14H2,1-3H3,(H,24,27)/t17-/m0/s1. The van der Waals surface area contributed by atoms with Gasteiger partial charge in [-0.05, 0) is 47.8 Å². The molecule has 0 aliphatic rings. The van der Waals surface area contributed by atoms with Gasteiger partial charge in [-0.15, -0.1) is 11.3 Å². The SMILES string of the molecule is COc1ccc(OC)c(-c2cc(C(=O)NC[C@@H](c3ccco3)c3cccs3)n(C)n2)c1. The molecule has 3 aromatic heterocycles. The molecule has 4 rings (SSSR count). The summed E-state index contributed by atoms with van der Waals surface area (Å²) in [5.74, 6) is 1.89. The number of amides is 1. The zero-order valence-corrected chi connectivity index (χ0v) is 18.3. The normalized spacial score (nSPS) is 11.8. The summed E-state index contributed by atoms with van der Waals surface area (Å²) in [4.78, 5) is 14.1. The van der Waals surface area contributed by atoms with Crippen LogP contribution >= 0.6 is 11.3 Å². The van der Waals surface area contributed by atoms with Gasteiger partial charge in [-0.1, -0.05) is 6.07 Å². The Kier molecular flexibility index (Phi) is 6.08. The number of benzene rings is 1. The Bertz CT molecular complexity index is 1120. The lowest BCUT2D eigenvalue weighted by Crippen LogP contribution is -2.30. The number of hydrogen-bond donors (Lipinski definition) is 1. The third-order valence-corrected chi connectivity index (χ3v) is 6.02. The average Bonchev–Trinajstić information content (AvgIpc) is 3.56. The van der Waals surface area contributed by atoms with Crippen molar-refractivity contribution in [3.05, 3.63) is 76.5 Å². The van der Waals surface area contributed by atoms with Crippen LogP contribution in [0.3, 0.4) is 0 Å². The maximum Gasteiger partial charge on any atom is 0.269 e. The van der Waals surface area contributed by atoms with Gasteiger partial charge in [0.2, 0.25) is 0 Å². The van der Waals surface area contributed by atoms with Gasteiger partial charge >= 0.3 is 0 Å². The number of aromatic nitrogens is 2. The summed E-state index contributed by atoms with van der Waals surface area (Å²) < 4.78 is 17.9. The highest BCUT2D eigenvalue weighted by Gasteiger charge is 2.22. The van der Waals surface area contributed by atoms with E-state index < -0.39 is 0 Å². The van der Waals surface area contributed by atoms with E-state index in [1.165, 1.54) is 0 Å². The van der Waals surface area contributed by atoms with Gasteiger partial charge < -0.3 is 19.2 Å². The number of nitrogens with zero attached hydrogens (tertiary/aromatic N) is 2. The third kappa shape index (κ3) is 4.34. The monoisotopic (exact) mass is 437 g/mol. The van der Waals surface area contributed by atoms with Crippen LogP contribution in [0.1, 0.15) is 27.0 Å². The first-order valence-corrected chi connectivity index (χ1v) is 10.6. The number of hydrogen-bond acceptors (Lipinski definition) is 6. The summed E-state index contributed by atoms with van der Waals surface area (Å²) in [5, 5.41) is 9.56. The molecular formula is C23H23N3O4S. The lowest BCUT2D eigenvalue weighted by molar-refractivity contribution is 0.0942. The molecule has 1 N–H and O–H groups in total. The summed E-state index contributed by atoms with van der Waals surface area (Å²) in [6.45, 7) is 0.413. The zero-order valence-electron chi connectivity index (χ0n) is 17.5. The van der Waals surface area contributed by atoms with Crippen molar-refractivity contribution in [1.29, 1.82) is 0 Å². The van der Waals surface area contributed by atoms with Crippen LogP contribution in [-0.2, 0) is 7.05 Å². The van der Waals surface area contributed by atoms with E-state index in [0.717, 1.165) is 16.2 Å². The minimum atomic E-state index is -0.212. The van der Waals surface area contributed by atoms with Crippen LogP contribution in [0.5, 0.6) is 11.5 Å². The predicted octanol–water partition coefficient (Wildman–Crippen LogP) is 4.32. The van der Waals surface area contributed by atoms with Gasteiger partial charge in [0, 0.05) is 24.0 Å². The first kappa shape index (κ1) is 20.7. The highest BCUT2D eigenvalue weighted by Crippen LogP contribution is 2.33. The van der Waals surface area contributed by atoms with Gasteiger partial charge in [0.25, 0.3) is 5.91 Å². The second kappa shape index (κ2) is 9.09. The Morgan fingerprint density at radius 1 is 1.19 bits per heavy atom. The average molecular weight is 438 g/mol. The third-order valence-electron chi connectivity index (χ3n) is 5.04. The van der Waals surface area contributed by atoms with Gasteiger partial charge in [0.05, 0.1) is 32.1 Å². The molecule has 0 saturated carbocycles. The van der Waals surface area contributed by atoms with Crippen molar-refractivity contribution in [3.63, 3.8) is 0 Å². The quantitative estimate of drug-likeness (QED) is 0.444. The fraction of sp³-hybridized carbons (Fsp3) is 0.217. The summed E-state index contributed by atoms with van der Waals surface area (Å²) >= 11 is 1.63. The highest BCUT2D eigenvalue weighted by molar-refractivity contribution is 7.10. The first-order chi connectivity index (χ1) is 15.1. The number of carbonyl (C=O) groups excluding carboxylic acids is 1. The molecule has 0 unspecified atom stereocenters. The second-order valence-corrected chi connectivity index (χ2v) is 7.88. The van der Waals surface area contributed by atoms with Gasteiger partial charge in [0.1, 0.15) is 23.0 Å². The fourth-order valence-corrected chi connectivity index (χ4v) is 4.27. The molecule has 7 nitrogen and oxygen atoms in total. The van der Waals surface area contributed by atoms with E-state index >= 15 is 0 Å². The van der Waals surface area contributed by atoms with Crippen molar-refractivity contribution in [2.75, 3.05) is 20.8 Å². The van der Waals surface area contributed by atoms with Crippen molar-refractivity contribution < 1.29 is 18.7 Å². The number of thiophene rings is 1. The van der Waals surface area contributed by atoms with E-state index in [1.54, 1.807) is 49.6 Å². The van der Waals surface area contributed by atoms with Crippen LogP contribution < -0.4 is 14.8 Å². The highest BCUT2D eigenvalue weighted by atomic mass is 32.1. The van der Waals surface area contributed by atoms with Gasteiger partial charge in [0.15, 0.2) is 0 Å². The lowest BCUT2D eigenvalue weighted by atomic mass is 10.0. The number of rotatable bonds is 8. The molecule has 31 heavy (non-hydrogen) atoms. The summed E-state index contributed by atoms with van der Waals surface area (Å²) in [5.41, 5.74) is 1.83. The molecule has 0 spiro atoms. The summed E-state index contributed by atoms with van der Waals surface area (Å²) in [6, 6.07) is 15.0. The van der Waals surface area contributed by atoms with Crippen LogP contribution in [0, 0.1) is 0 Å². The molecular weight excluding hydrogens is 414 g/mol. The van der Waals surface area contributed by atoms with Gasteiger partial charge in [-0.2, -0.15) is 5.10 Å².